The number of rotatable bonds is 32. The molecule has 0 aliphatic carbocycles. The lowest BCUT2D eigenvalue weighted by atomic mass is 10.0. The van der Waals surface area contributed by atoms with Crippen molar-refractivity contribution in [3.63, 3.8) is 0 Å². The first-order valence-corrected chi connectivity index (χ1v) is 31.4. The molecular formula is C54H94N20O14S. The summed E-state index contributed by atoms with van der Waals surface area (Å²) in [4.78, 5) is 132. The van der Waals surface area contributed by atoms with Crippen LogP contribution in [0.4, 0.5) is 4.79 Å². The smallest absolute Gasteiger partial charge is 0.315 e. The standard InChI is InChI=1S/C54H94N20O14S/c1-32(2)26-38-50(83)67-35(10-5-15-62-52(56)57)48(81)64-29-43(76)65-39(28-44(77)78)51(84)68-37(11-6-16-63-53(58)59)49(82)66-36(12-7-19-74-30-33(72-73-74)27-34(55)46(79)69-38)47(80)61-18-9-21-87-23-25-88-24-22-86-20-8-17-60-42(75)14-4-3-13-41-45-40(31-89-41)70-54(85)71-45/h30,32,34-41,45H,3-29,31,55H2,1-2H3,(H,60,75)(H,61,80)(H,64,81)(H,65,76)(H,66,82)(H,67,83)(H,68,84)(H,69,79)(H,77,78)(H4,56,57,62)(H4,58,59,63)(H2,70,71,85)/t34-,35-,36-,37-,38-,39-,40+,41+,45+/m0/s1. The van der Waals surface area contributed by atoms with Gasteiger partial charge in [0, 0.05) is 76.0 Å². The van der Waals surface area contributed by atoms with Gasteiger partial charge < -0.3 is 100 Å². The van der Waals surface area contributed by atoms with Crippen LogP contribution in [0.1, 0.15) is 109 Å². The monoisotopic (exact) mass is 1280 g/mol. The normalized spacial score (nSPS) is 23.2. The second kappa shape index (κ2) is 40.8. The van der Waals surface area contributed by atoms with Crippen LogP contribution in [0.25, 0.3) is 0 Å². The van der Waals surface area contributed by atoms with E-state index in [-0.39, 0.29) is 139 Å². The van der Waals surface area contributed by atoms with Crippen LogP contribution in [-0.2, 0) is 70.3 Å². The van der Waals surface area contributed by atoms with Crippen LogP contribution in [0.3, 0.4) is 0 Å². The van der Waals surface area contributed by atoms with Crippen LogP contribution >= 0.6 is 11.8 Å². The van der Waals surface area contributed by atoms with Crippen molar-refractivity contribution in [1.29, 1.82) is 10.8 Å². The number of thioether (sulfide) groups is 1. The van der Waals surface area contributed by atoms with Crippen molar-refractivity contribution < 1.29 is 67.3 Å². The quantitative estimate of drug-likeness (QED) is 0.0140. The number of carboxylic acids is 1. The van der Waals surface area contributed by atoms with Crippen molar-refractivity contribution in [2.45, 2.75) is 170 Å². The molecule has 4 rings (SSSR count). The number of nitrogens with one attached hydrogen (secondary N) is 14. The summed E-state index contributed by atoms with van der Waals surface area (Å²) < 4.78 is 18.4. The molecule has 4 heterocycles. The summed E-state index contributed by atoms with van der Waals surface area (Å²) in [6.45, 7) is 5.78. The highest BCUT2D eigenvalue weighted by atomic mass is 32.2. The van der Waals surface area contributed by atoms with Gasteiger partial charge in [0.25, 0.3) is 0 Å². The topological polar surface area (TPSA) is 519 Å². The molecule has 21 N–H and O–H groups in total. The summed E-state index contributed by atoms with van der Waals surface area (Å²) in [5.74, 6) is -7.28. The number of guanidine groups is 2. The number of aliphatic carboxylic acids is 1. The molecule has 2 fully saturated rings. The molecule has 0 spiro atoms. The van der Waals surface area contributed by atoms with E-state index >= 15 is 0 Å². The molecule has 0 unspecified atom stereocenters. The minimum Gasteiger partial charge on any atom is -0.481 e. The molecule has 3 aliphatic heterocycles. The van der Waals surface area contributed by atoms with E-state index in [1.165, 1.54) is 4.68 Å². The minimum absolute atomic E-state index is 0.00216. The van der Waals surface area contributed by atoms with Crippen molar-refractivity contribution in [2.24, 2.45) is 23.1 Å². The average Bonchev–Trinajstić information content (AvgIpc) is 2.11. The van der Waals surface area contributed by atoms with Crippen LogP contribution < -0.4 is 81.0 Å². The van der Waals surface area contributed by atoms with Crippen molar-refractivity contribution in [2.75, 3.05) is 78.1 Å². The average molecular weight is 1280 g/mol. The van der Waals surface area contributed by atoms with E-state index in [1.807, 2.05) is 25.6 Å². The SMILES string of the molecule is CC(C)C[C@@H]1NC(=O)[C@@H](N)Cc2cn(nn2)CCC[C@@H](C(=O)NCCCOCCOCCOCCCNC(=O)CCCC[C@H]2SC[C@H]3NC(=O)N[C@H]32)NC(=O)[C@H](CCCNC(=N)N)NC(=O)[C@H](CC(=O)O)NC(=O)CNC(=O)[C@H](CCCNC(=N)N)NC1=O. The lowest BCUT2D eigenvalue weighted by Crippen LogP contribution is -2.58. The molecule has 35 heteroatoms. The van der Waals surface area contributed by atoms with Gasteiger partial charge in [0.15, 0.2) is 11.9 Å². The second-order valence-corrected chi connectivity index (χ2v) is 23.5. The predicted octanol–water partition coefficient (Wildman–Crippen LogP) is -4.68. The Kier molecular flexibility index (Phi) is 33.9. The molecule has 89 heavy (non-hydrogen) atoms. The summed E-state index contributed by atoms with van der Waals surface area (Å²) in [5, 5.41) is 65.5. The fraction of sp³-hybridized carbons (Fsp3) is 0.741. The lowest BCUT2D eigenvalue weighted by molar-refractivity contribution is -0.141. The molecule has 2 saturated heterocycles. The highest BCUT2D eigenvalue weighted by molar-refractivity contribution is 8.00. The van der Waals surface area contributed by atoms with Crippen LogP contribution in [0.5, 0.6) is 0 Å². The zero-order valence-electron chi connectivity index (χ0n) is 50.9. The minimum atomic E-state index is -1.79. The highest BCUT2D eigenvalue weighted by Crippen LogP contribution is 2.33. The van der Waals surface area contributed by atoms with Gasteiger partial charge >= 0.3 is 12.0 Å². The van der Waals surface area contributed by atoms with Gasteiger partial charge in [-0.2, -0.15) is 11.8 Å². The van der Waals surface area contributed by atoms with E-state index in [2.05, 4.69) is 74.1 Å². The molecule has 10 amide bonds. The maximum Gasteiger partial charge on any atom is 0.315 e. The number of urea groups is 1. The summed E-state index contributed by atoms with van der Waals surface area (Å²) in [6, 6.07) is -7.86. The summed E-state index contributed by atoms with van der Waals surface area (Å²) in [5.41, 5.74) is 17.5. The van der Waals surface area contributed by atoms with Gasteiger partial charge in [-0.1, -0.05) is 25.5 Å². The molecule has 3 aliphatic rings. The third kappa shape index (κ3) is 30.0. The Morgan fingerprint density at radius 2 is 1.28 bits per heavy atom. The molecule has 9 atom stereocenters. The Labute approximate surface area is 521 Å². The van der Waals surface area contributed by atoms with Gasteiger partial charge in [-0.15, -0.1) is 5.10 Å². The van der Waals surface area contributed by atoms with Crippen molar-refractivity contribution in [3.05, 3.63) is 11.9 Å². The van der Waals surface area contributed by atoms with E-state index in [1.54, 1.807) is 6.20 Å². The molecule has 34 nitrogen and oxygen atoms in total. The molecule has 500 valence electrons. The van der Waals surface area contributed by atoms with Gasteiger partial charge in [-0.25, -0.2) is 4.79 Å². The number of nitrogens with zero attached hydrogens (tertiary/aromatic N) is 3. The molecule has 1 aromatic rings. The van der Waals surface area contributed by atoms with Crippen LogP contribution in [0.15, 0.2) is 6.20 Å². The summed E-state index contributed by atoms with van der Waals surface area (Å²) >= 11 is 1.86. The first-order valence-electron chi connectivity index (χ1n) is 30.3. The number of hydrogen-bond acceptors (Lipinski definition) is 19. The Morgan fingerprint density at radius 1 is 0.697 bits per heavy atom. The van der Waals surface area contributed by atoms with Gasteiger partial charge in [0.05, 0.1) is 63.2 Å². The summed E-state index contributed by atoms with van der Waals surface area (Å²) in [6.07, 6.45) is 5.18. The van der Waals surface area contributed by atoms with Gasteiger partial charge in [0.2, 0.25) is 47.3 Å². The molecule has 0 aromatic carbocycles. The van der Waals surface area contributed by atoms with Crippen molar-refractivity contribution in [1.82, 2.24) is 78.8 Å². The molecule has 0 saturated carbocycles. The van der Waals surface area contributed by atoms with E-state index in [4.69, 9.17) is 42.2 Å². The zero-order valence-corrected chi connectivity index (χ0v) is 51.7. The number of carbonyl (C=O) groups excluding carboxylic acids is 9. The number of hydrogen-bond donors (Lipinski definition) is 18. The van der Waals surface area contributed by atoms with Crippen molar-refractivity contribution in [3.8, 4) is 0 Å². The number of carbonyl (C=O) groups is 10. The Balaban J connectivity index is 1.33. The predicted molar refractivity (Wildman–Crippen MR) is 325 cm³/mol. The van der Waals surface area contributed by atoms with E-state index in [0.717, 1.165) is 25.0 Å². The van der Waals surface area contributed by atoms with Crippen LogP contribution in [-0.4, -0.2) is 223 Å². The van der Waals surface area contributed by atoms with Crippen LogP contribution in [0, 0.1) is 16.7 Å². The number of aryl methyl sites for hydroxylation is 1. The zero-order chi connectivity index (χ0) is 65.1. The second-order valence-electron chi connectivity index (χ2n) is 22.3. The Hall–Kier alpha value is -7.63. The third-order valence-corrected chi connectivity index (χ3v) is 15.8. The highest BCUT2D eigenvalue weighted by Gasteiger charge is 2.42. The number of aromatic nitrogens is 3. The molecular weight excluding hydrogens is 1180 g/mol. The maximum atomic E-state index is 14.2. The molecule has 2 bridgehead atoms. The number of ether oxygens (including phenoxy) is 3. The van der Waals surface area contributed by atoms with Gasteiger partial charge in [0.1, 0.15) is 30.2 Å². The van der Waals surface area contributed by atoms with Gasteiger partial charge in [-0.05, 0) is 76.5 Å². The number of unbranched alkanes of at least 4 members (excludes halogenated alkanes) is 1. The van der Waals surface area contributed by atoms with E-state index in [0.29, 0.717) is 56.6 Å². The first kappa shape index (κ1) is 73.8. The largest absolute Gasteiger partial charge is 0.481 e. The van der Waals surface area contributed by atoms with Crippen molar-refractivity contribution >= 4 is 82.9 Å². The number of nitrogens with two attached hydrogens (primary N) is 3. The number of fused-ring (bicyclic) bond motifs is 3. The van der Waals surface area contributed by atoms with Crippen LogP contribution in [0.2, 0.25) is 0 Å². The Bertz CT molecular complexity index is 2490. The van der Waals surface area contributed by atoms with Gasteiger partial charge in [-0.3, -0.25) is 58.7 Å². The Morgan fingerprint density at radius 3 is 1.91 bits per heavy atom. The lowest BCUT2D eigenvalue weighted by Gasteiger charge is -2.26. The number of amides is 10. The fourth-order valence-electron chi connectivity index (χ4n) is 9.72. The number of carboxylic acid groups (broad SMARTS) is 1. The van der Waals surface area contributed by atoms with E-state index in [9.17, 15) is 53.1 Å². The van der Waals surface area contributed by atoms with E-state index < -0.39 is 96.5 Å². The first-order chi connectivity index (χ1) is 42.6. The molecule has 0 radical (unpaired) electrons. The fourth-order valence-corrected chi connectivity index (χ4v) is 11.3. The third-order valence-electron chi connectivity index (χ3n) is 14.3. The summed E-state index contributed by atoms with van der Waals surface area (Å²) in [7, 11) is 0. The molecule has 1 aromatic heterocycles. The maximum absolute atomic E-state index is 14.2.